The van der Waals surface area contributed by atoms with Gasteiger partial charge < -0.3 is 20.9 Å². The molecular weight excluding hydrogens is 340 g/mol. The highest BCUT2D eigenvalue weighted by atomic mass is 35.5. The van der Waals surface area contributed by atoms with Crippen LogP contribution in [0.5, 0.6) is 0 Å². The zero-order valence-electron chi connectivity index (χ0n) is 14.1. The number of anilines is 1. The molecule has 0 spiro atoms. The quantitative estimate of drug-likeness (QED) is 0.521. The van der Waals surface area contributed by atoms with Gasteiger partial charge in [0.2, 0.25) is 0 Å². The van der Waals surface area contributed by atoms with Gasteiger partial charge in [-0.1, -0.05) is 18.2 Å². The van der Waals surface area contributed by atoms with Crippen molar-refractivity contribution in [2.24, 2.45) is 5.73 Å². The van der Waals surface area contributed by atoms with Gasteiger partial charge in [-0.2, -0.15) is 0 Å². The molecule has 2 heterocycles. The zero-order valence-corrected chi connectivity index (χ0v) is 14.8. The molecule has 2 amide bonds. The average molecular weight is 361 g/mol. The molecule has 0 aliphatic carbocycles. The summed E-state index contributed by atoms with van der Waals surface area (Å²) >= 11 is 5.82. The number of amides is 2. The van der Waals surface area contributed by atoms with Crippen LogP contribution >= 0.6 is 11.6 Å². The van der Waals surface area contributed by atoms with Crippen LogP contribution in [0.15, 0.2) is 24.3 Å². The smallest absolute Gasteiger partial charge is 0.314 e. The number of carbonyl (C=O) groups excluding carboxylic acids is 1. The van der Waals surface area contributed by atoms with Crippen LogP contribution in [0.25, 0.3) is 21.9 Å². The Bertz CT molecular complexity index is 922. The monoisotopic (exact) mass is 360 g/mol. The highest BCUT2D eigenvalue weighted by Crippen LogP contribution is 2.29. The van der Waals surface area contributed by atoms with E-state index >= 15 is 0 Å². The molecule has 0 atom stereocenters. The Balaban J connectivity index is 2.20. The summed E-state index contributed by atoms with van der Waals surface area (Å²) in [5, 5.41) is 0.984. The number of halogens is 1. The number of primary amides is 1. The maximum absolute atomic E-state index is 11.4. The van der Waals surface area contributed by atoms with Crippen LogP contribution in [-0.2, 0) is 13.1 Å². The molecule has 3 aromatic rings. The number of para-hydroxylation sites is 1. The van der Waals surface area contributed by atoms with Gasteiger partial charge in [-0.3, -0.25) is 0 Å². The van der Waals surface area contributed by atoms with Crippen molar-refractivity contribution in [2.75, 3.05) is 18.7 Å². The van der Waals surface area contributed by atoms with E-state index in [2.05, 4.69) is 14.5 Å². The number of hydrogen-bond donors (Lipinski definition) is 2. The predicted octanol–water partition coefficient (Wildman–Crippen LogP) is 2.70. The normalized spacial score (nSPS) is 11.3. The van der Waals surface area contributed by atoms with Crippen molar-refractivity contribution < 1.29 is 4.79 Å². The second-order valence-corrected chi connectivity index (χ2v) is 6.36. The van der Waals surface area contributed by atoms with Gasteiger partial charge in [-0.25, -0.2) is 14.8 Å². The summed E-state index contributed by atoms with van der Waals surface area (Å²) in [5.41, 5.74) is 13.9. The highest BCUT2D eigenvalue weighted by Gasteiger charge is 2.18. The molecule has 0 saturated heterocycles. The lowest BCUT2D eigenvalue weighted by molar-refractivity contribution is 0.215. The lowest BCUT2D eigenvalue weighted by Gasteiger charge is -2.16. The molecule has 7 nitrogen and oxygen atoms in total. The Morgan fingerprint density at radius 3 is 2.76 bits per heavy atom. The molecule has 0 saturated carbocycles. The zero-order chi connectivity index (χ0) is 18.0. The maximum Gasteiger partial charge on any atom is 0.314 e. The molecule has 0 radical (unpaired) electrons. The van der Waals surface area contributed by atoms with E-state index in [1.165, 1.54) is 4.90 Å². The topological polar surface area (TPSA) is 103 Å². The minimum absolute atomic E-state index is 0.304. The first-order valence-corrected chi connectivity index (χ1v) is 8.66. The number of nitrogen functional groups attached to an aromatic ring is 1. The SMILES string of the molecule is CN(Cc1nc2c(N)nc3ccccc3c2n1CCCCCl)C(N)=O. The van der Waals surface area contributed by atoms with Gasteiger partial charge in [0.05, 0.1) is 17.6 Å². The largest absolute Gasteiger partial charge is 0.382 e. The van der Waals surface area contributed by atoms with Gasteiger partial charge >= 0.3 is 6.03 Å². The van der Waals surface area contributed by atoms with Gasteiger partial charge in [-0.15, -0.1) is 11.6 Å². The molecule has 1 aromatic carbocycles. The van der Waals surface area contributed by atoms with Crippen LogP contribution in [-0.4, -0.2) is 38.4 Å². The van der Waals surface area contributed by atoms with Crippen LogP contribution in [0, 0.1) is 0 Å². The van der Waals surface area contributed by atoms with Crippen LogP contribution in [0.3, 0.4) is 0 Å². The van der Waals surface area contributed by atoms with E-state index in [-0.39, 0.29) is 0 Å². The lowest BCUT2D eigenvalue weighted by atomic mass is 10.2. The van der Waals surface area contributed by atoms with E-state index in [0.29, 0.717) is 23.8 Å². The third-order valence-electron chi connectivity index (χ3n) is 4.21. The first-order chi connectivity index (χ1) is 12.0. The fourth-order valence-corrected chi connectivity index (χ4v) is 3.11. The van der Waals surface area contributed by atoms with Gasteiger partial charge in [0, 0.05) is 24.9 Å². The fourth-order valence-electron chi connectivity index (χ4n) is 2.92. The number of nitrogens with two attached hydrogens (primary N) is 2. The van der Waals surface area contributed by atoms with Crippen molar-refractivity contribution in [3.8, 4) is 0 Å². The van der Waals surface area contributed by atoms with E-state index in [1.54, 1.807) is 7.05 Å². The van der Waals surface area contributed by atoms with E-state index < -0.39 is 6.03 Å². The third-order valence-corrected chi connectivity index (χ3v) is 4.48. The molecule has 0 bridgehead atoms. The number of alkyl halides is 1. The van der Waals surface area contributed by atoms with Crippen molar-refractivity contribution >= 4 is 45.4 Å². The average Bonchev–Trinajstić information content (AvgIpc) is 2.94. The second kappa shape index (κ2) is 7.14. The third kappa shape index (κ3) is 3.32. The molecule has 4 N–H and O–H groups in total. The van der Waals surface area contributed by atoms with Gasteiger partial charge in [0.1, 0.15) is 11.3 Å². The van der Waals surface area contributed by atoms with Crippen molar-refractivity contribution in [2.45, 2.75) is 25.9 Å². The Labute approximate surface area is 150 Å². The number of benzene rings is 1. The first kappa shape index (κ1) is 17.3. The van der Waals surface area contributed by atoms with Crippen molar-refractivity contribution in [1.82, 2.24) is 19.4 Å². The van der Waals surface area contributed by atoms with Crippen LogP contribution < -0.4 is 11.5 Å². The Hall–Kier alpha value is -2.54. The van der Waals surface area contributed by atoms with Crippen molar-refractivity contribution in [3.63, 3.8) is 0 Å². The minimum atomic E-state index is -0.504. The molecule has 0 aliphatic rings. The van der Waals surface area contributed by atoms with Crippen LogP contribution in [0.2, 0.25) is 0 Å². The Morgan fingerprint density at radius 2 is 2.04 bits per heavy atom. The molecule has 0 fully saturated rings. The first-order valence-electron chi connectivity index (χ1n) is 8.12. The lowest BCUT2D eigenvalue weighted by Crippen LogP contribution is -2.32. The van der Waals surface area contributed by atoms with E-state index in [0.717, 1.165) is 41.6 Å². The Kier molecular flexibility index (Phi) is 4.94. The fraction of sp³-hybridized carbons (Fsp3) is 0.353. The number of nitrogens with zero attached hydrogens (tertiary/aromatic N) is 4. The standard InChI is InChI=1S/C17H21ClN6O/c1-23(17(20)25)10-13-22-14-15(24(13)9-5-4-8-18)11-6-2-3-7-12(11)21-16(14)19/h2-3,6-7H,4-5,8-10H2,1H3,(H2,19,21)(H2,20,25). The molecule has 0 aliphatic heterocycles. The van der Waals surface area contributed by atoms with Crippen molar-refractivity contribution in [3.05, 3.63) is 30.1 Å². The maximum atomic E-state index is 11.4. The van der Waals surface area contributed by atoms with Crippen LogP contribution in [0.4, 0.5) is 10.6 Å². The van der Waals surface area contributed by atoms with E-state index in [4.69, 9.17) is 23.1 Å². The Morgan fingerprint density at radius 1 is 1.28 bits per heavy atom. The summed E-state index contributed by atoms with van der Waals surface area (Å²) < 4.78 is 2.10. The molecule has 8 heteroatoms. The second-order valence-electron chi connectivity index (χ2n) is 5.98. The number of aryl methyl sites for hydroxylation is 1. The molecule has 0 unspecified atom stereocenters. The summed E-state index contributed by atoms with van der Waals surface area (Å²) in [4.78, 5) is 21.9. The number of unbranched alkanes of at least 4 members (excludes halogenated alkanes) is 1. The number of hydrogen-bond acceptors (Lipinski definition) is 4. The molecule has 3 rings (SSSR count). The molecular formula is C17H21ClN6O. The van der Waals surface area contributed by atoms with Gasteiger partial charge in [-0.05, 0) is 18.9 Å². The number of imidazole rings is 1. The summed E-state index contributed by atoms with van der Waals surface area (Å²) in [6, 6.07) is 7.32. The van der Waals surface area contributed by atoms with Gasteiger partial charge in [0.25, 0.3) is 0 Å². The van der Waals surface area contributed by atoms with Crippen molar-refractivity contribution in [1.29, 1.82) is 0 Å². The summed E-state index contributed by atoms with van der Waals surface area (Å²) in [6.07, 6.45) is 1.80. The van der Waals surface area contributed by atoms with Crippen LogP contribution in [0.1, 0.15) is 18.7 Å². The number of pyridine rings is 1. The predicted molar refractivity (Wildman–Crippen MR) is 100 cm³/mol. The minimum Gasteiger partial charge on any atom is -0.382 e. The summed E-state index contributed by atoms with van der Waals surface area (Å²) in [5.74, 6) is 1.72. The molecule has 25 heavy (non-hydrogen) atoms. The van der Waals surface area contributed by atoms with E-state index in [9.17, 15) is 4.79 Å². The summed E-state index contributed by atoms with van der Waals surface area (Å²) in [6.45, 7) is 1.04. The number of rotatable bonds is 6. The number of fused-ring (bicyclic) bond motifs is 3. The number of urea groups is 1. The summed E-state index contributed by atoms with van der Waals surface area (Å²) in [7, 11) is 1.64. The van der Waals surface area contributed by atoms with E-state index in [1.807, 2.05) is 24.3 Å². The number of aromatic nitrogens is 3. The van der Waals surface area contributed by atoms with Gasteiger partial charge in [0.15, 0.2) is 5.82 Å². The molecule has 2 aromatic heterocycles. The number of carbonyl (C=O) groups is 1. The molecule has 132 valence electrons. The highest BCUT2D eigenvalue weighted by molar-refractivity contribution is 6.17.